The van der Waals surface area contributed by atoms with E-state index in [1.807, 2.05) is 6.92 Å². The van der Waals surface area contributed by atoms with Gasteiger partial charge in [-0.3, -0.25) is 4.79 Å². The van der Waals surface area contributed by atoms with Crippen LogP contribution in [0.1, 0.15) is 39.0 Å². The Morgan fingerprint density at radius 1 is 1.29 bits per heavy atom. The fourth-order valence-electron chi connectivity index (χ4n) is 2.83. The minimum atomic E-state index is -3.14. The number of hydrogen-bond donors (Lipinski definition) is 2. The maximum Gasteiger partial charge on any atom is 0.223 e. The van der Waals surface area contributed by atoms with E-state index in [9.17, 15) is 13.2 Å². The lowest BCUT2D eigenvalue weighted by molar-refractivity contribution is -0.126. The van der Waals surface area contributed by atoms with Crippen LogP contribution in [0.25, 0.3) is 0 Å². The minimum Gasteiger partial charge on any atom is -0.356 e. The highest BCUT2D eigenvalue weighted by Gasteiger charge is 2.25. The lowest BCUT2D eigenvalue weighted by Gasteiger charge is -2.26. The number of nitrogens with zero attached hydrogens (tertiary/aromatic N) is 1. The van der Waals surface area contributed by atoms with Crippen LogP contribution in [-0.4, -0.2) is 51.1 Å². The van der Waals surface area contributed by atoms with Crippen molar-refractivity contribution in [3.05, 3.63) is 0 Å². The third-order valence-electron chi connectivity index (χ3n) is 4.26. The first kappa shape index (κ1) is 18.4. The van der Waals surface area contributed by atoms with Crippen LogP contribution in [0.3, 0.4) is 0 Å². The molecule has 0 aliphatic heterocycles. The second kappa shape index (κ2) is 8.70. The Bertz CT molecular complexity index is 417. The largest absolute Gasteiger partial charge is 0.356 e. The van der Waals surface area contributed by atoms with Crippen molar-refractivity contribution in [1.82, 2.24) is 9.62 Å². The highest BCUT2D eigenvalue weighted by atomic mass is 32.2. The van der Waals surface area contributed by atoms with Gasteiger partial charge in [-0.15, -0.1) is 0 Å². The van der Waals surface area contributed by atoms with Crippen LogP contribution in [0, 0.1) is 11.8 Å². The minimum absolute atomic E-state index is 0.102. The number of carbonyl (C=O) groups is 1. The Hall–Kier alpha value is -0.660. The SMILES string of the molecule is CCN(CCCNC(=O)C1CCC(CN)CC1)S(C)(=O)=O. The standard InChI is InChI=1S/C14H29N3O3S/c1-3-17(21(2,19)20)10-4-9-16-14(18)13-7-5-12(11-15)6-8-13/h12-13H,3-11,15H2,1-2H3,(H,16,18). The van der Waals surface area contributed by atoms with Gasteiger partial charge in [-0.25, -0.2) is 12.7 Å². The zero-order chi connectivity index (χ0) is 15.9. The molecule has 0 aromatic carbocycles. The van der Waals surface area contributed by atoms with E-state index in [-0.39, 0.29) is 11.8 Å². The number of carbonyl (C=O) groups excluding carboxylic acids is 1. The van der Waals surface area contributed by atoms with Crippen LogP contribution in [0.15, 0.2) is 0 Å². The van der Waals surface area contributed by atoms with Gasteiger partial charge in [-0.1, -0.05) is 6.92 Å². The Balaban J connectivity index is 2.22. The molecule has 1 aliphatic rings. The zero-order valence-corrected chi connectivity index (χ0v) is 14.0. The predicted molar refractivity (Wildman–Crippen MR) is 84.2 cm³/mol. The summed E-state index contributed by atoms with van der Waals surface area (Å²) in [5, 5.41) is 2.92. The molecule has 0 bridgehead atoms. The molecule has 0 saturated heterocycles. The van der Waals surface area contributed by atoms with E-state index in [4.69, 9.17) is 5.73 Å². The summed E-state index contributed by atoms with van der Waals surface area (Å²) in [5.74, 6) is 0.778. The first-order valence-corrected chi connectivity index (χ1v) is 9.66. The van der Waals surface area contributed by atoms with Gasteiger partial charge in [0.05, 0.1) is 6.26 Å². The van der Waals surface area contributed by atoms with Crippen molar-refractivity contribution < 1.29 is 13.2 Å². The summed E-state index contributed by atoms with van der Waals surface area (Å²) in [6.07, 6.45) is 5.75. The molecule has 0 atom stereocenters. The Morgan fingerprint density at radius 2 is 1.90 bits per heavy atom. The van der Waals surface area contributed by atoms with Crippen LogP contribution in [0.5, 0.6) is 0 Å². The Labute approximate surface area is 128 Å². The van der Waals surface area contributed by atoms with Gasteiger partial charge in [0.15, 0.2) is 0 Å². The molecule has 3 N–H and O–H groups in total. The Morgan fingerprint density at radius 3 is 2.38 bits per heavy atom. The van der Waals surface area contributed by atoms with Crippen LogP contribution >= 0.6 is 0 Å². The topological polar surface area (TPSA) is 92.5 Å². The van der Waals surface area contributed by atoms with Crippen molar-refractivity contribution in [2.45, 2.75) is 39.0 Å². The summed E-state index contributed by atoms with van der Waals surface area (Å²) in [6.45, 7) is 3.98. The number of hydrogen-bond acceptors (Lipinski definition) is 4. The third-order valence-corrected chi connectivity index (χ3v) is 5.63. The lowest BCUT2D eigenvalue weighted by Crippen LogP contribution is -2.37. The molecule has 0 unspecified atom stereocenters. The molecule has 1 aliphatic carbocycles. The molecule has 7 heteroatoms. The summed E-state index contributed by atoms with van der Waals surface area (Å²) >= 11 is 0. The van der Waals surface area contributed by atoms with E-state index in [0.29, 0.717) is 38.5 Å². The van der Waals surface area contributed by atoms with Gasteiger partial charge in [0.2, 0.25) is 15.9 Å². The number of sulfonamides is 1. The fourth-order valence-corrected chi connectivity index (χ4v) is 3.76. The summed E-state index contributed by atoms with van der Waals surface area (Å²) < 4.78 is 24.3. The van der Waals surface area contributed by atoms with E-state index in [0.717, 1.165) is 25.7 Å². The summed E-state index contributed by atoms with van der Waals surface area (Å²) in [5.41, 5.74) is 5.65. The first-order valence-electron chi connectivity index (χ1n) is 7.81. The third kappa shape index (κ3) is 6.32. The first-order chi connectivity index (χ1) is 9.88. The van der Waals surface area contributed by atoms with Crippen molar-refractivity contribution in [3.8, 4) is 0 Å². The maximum absolute atomic E-state index is 12.0. The van der Waals surface area contributed by atoms with Crippen molar-refractivity contribution in [1.29, 1.82) is 0 Å². The van der Waals surface area contributed by atoms with Gasteiger partial charge in [0.25, 0.3) is 0 Å². The van der Waals surface area contributed by atoms with Gasteiger partial charge < -0.3 is 11.1 Å². The summed E-state index contributed by atoms with van der Waals surface area (Å²) in [6, 6.07) is 0. The molecule has 0 radical (unpaired) electrons. The Kier molecular flexibility index (Phi) is 7.62. The van der Waals surface area contributed by atoms with Crippen molar-refractivity contribution in [3.63, 3.8) is 0 Å². The second-order valence-corrected chi connectivity index (χ2v) is 7.84. The van der Waals surface area contributed by atoms with E-state index in [2.05, 4.69) is 5.32 Å². The smallest absolute Gasteiger partial charge is 0.223 e. The van der Waals surface area contributed by atoms with Crippen LogP contribution < -0.4 is 11.1 Å². The van der Waals surface area contributed by atoms with Crippen LogP contribution in [0.4, 0.5) is 0 Å². The van der Waals surface area contributed by atoms with Gasteiger partial charge >= 0.3 is 0 Å². The van der Waals surface area contributed by atoms with Crippen molar-refractivity contribution in [2.24, 2.45) is 17.6 Å². The van der Waals surface area contributed by atoms with E-state index in [1.54, 1.807) is 0 Å². The molecule has 0 spiro atoms. The molecule has 1 rings (SSSR count). The van der Waals surface area contributed by atoms with Crippen LogP contribution in [0.2, 0.25) is 0 Å². The normalized spacial score (nSPS) is 23.2. The highest BCUT2D eigenvalue weighted by Crippen LogP contribution is 2.28. The van der Waals surface area contributed by atoms with Gasteiger partial charge in [-0.05, 0) is 44.6 Å². The fraction of sp³-hybridized carbons (Fsp3) is 0.929. The van der Waals surface area contributed by atoms with Crippen molar-refractivity contribution in [2.75, 3.05) is 32.4 Å². The molecule has 124 valence electrons. The molecule has 0 heterocycles. The quantitative estimate of drug-likeness (QED) is 0.639. The number of nitrogens with two attached hydrogens (primary N) is 1. The molecule has 21 heavy (non-hydrogen) atoms. The molecule has 6 nitrogen and oxygen atoms in total. The number of nitrogens with one attached hydrogen (secondary N) is 1. The molecular weight excluding hydrogens is 290 g/mol. The maximum atomic E-state index is 12.0. The molecule has 0 aromatic rings. The summed E-state index contributed by atoms with van der Waals surface area (Å²) in [4.78, 5) is 12.0. The molecule has 1 saturated carbocycles. The van der Waals surface area contributed by atoms with E-state index in [1.165, 1.54) is 10.6 Å². The van der Waals surface area contributed by atoms with E-state index < -0.39 is 10.0 Å². The van der Waals surface area contributed by atoms with Crippen LogP contribution in [-0.2, 0) is 14.8 Å². The molecule has 1 amide bonds. The van der Waals surface area contributed by atoms with Gasteiger partial charge in [0, 0.05) is 25.6 Å². The monoisotopic (exact) mass is 319 g/mol. The van der Waals surface area contributed by atoms with Crippen molar-refractivity contribution >= 4 is 15.9 Å². The van der Waals surface area contributed by atoms with Gasteiger partial charge in [0.1, 0.15) is 0 Å². The zero-order valence-electron chi connectivity index (χ0n) is 13.2. The molecule has 0 aromatic heterocycles. The molecule has 1 fully saturated rings. The highest BCUT2D eigenvalue weighted by molar-refractivity contribution is 7.88. The lowest BCUT2D eigenvalue weighted by atomic mass is 9.81. The average molecular weight is 319 g/mol. The predicted octanol–water partition coefficient (Wildman–Crippen LogP) is 0.539. The van der Waals surface area contributed by atoms with E-state index >= 15 is 0 Å². The number of rotatable bonds is 8. The summed E-state index contributed by atoms with van der Waals surface area (Å²) in [7, 11) is -3.14. The molecular formula is C14H29N3O3S. The number of amides is 1. The second-order valence-electron chi connectivity index (χ2n) is 5.85. The average Bonchev–Trinajstić information content (AvgIpc) is 2.45. The van der Waals surface area contributed by atoms with Gasteiger partial charge in [-0.2, -0.15) is 0 Å².